The summed E-state index contributed by atoms with van der Waals surface area (Å²) in [4.78, 5) is 3.78. The predicted molar refractivity (Wildman–Crippen MR) is 65.9 cm³/mol. The number of hydrogen-bond donors (Lipinski definition) is 2. The Morgan fingerprint density at radius 3 is 2.65 bits per heavy atom. The van der Waals surface area contributed by atoms with E-state index >= 15 is 0 Å². The minimum atomic E-state index is -3.88. The molecule has 0 saturated heterocycles. The molecule has 0 amide bonds. The van der Waals surface area contributed by atoms with Crippen LogP contribution in [0.3, 0.4) is 0 Å². The number of nitrogens with one attached hydrogen (secondary N) is 1. The molecule has 2 rings (SSSR count). The lowest BCUT2D eigenvalue weighted by molar-refractivity contribution is 0.589. The van der Waals surface area contributed by atoms with Crippen LogP contribution in [-0.4, -0.2) is 23.6 Å². The molecule has 0 unspecified atom stereocenters. The molecule has 0 fully saturated rings. The predicted octanol–water partition coefficient (Wildman–Crippen LogP) is 1.53. The van der Waals surface area contributed by atoms with Crippen molar-refractivity contribution in [2.75, 3.05) is 0 Å². The van der Waals surface area contributed by atoms with Gasteiger partial charge in [0.05, 0.1) is 5.02 Å². The molecule has 1 aromatic heterocycles. The standard InChI is InChI=1S/C8H6BrClN4O2S/c9-5-3-4(1-2-6(5)10)7-12-8(14-13-7)17(11,15)16/h1-3H,(H2,11,15,16)(H,12,13,14). The first-order chi connectivity index (χ1) is 7.88. The van der Waals surface area contributed by atoms with Crippen molar-refractivity contribution in [3.63, 3.8) is 0 Å². The zero-order valence-corrected chi connectivity index (χ0v) is 11.3. The molecule has 0 spiro atoms. The average Bonchev–Trinajstić information content (AvgIpc) is 2.70. The second kappa shape index (κ2) is 4.37. The number of nitrogens with two attached hydrogens (primary N) is 1. The molecule has 1 aromatic carbocycles. The topological polar surface area (TPSA) is 102 Å². The van der Waals surface area contributed by atoms with Crippen molar-refractivity contribution in [2.24, 2.45) is 5.14 Å². The van der Waals surface area contributed by atoms with Gasteiger partial charge in [0.25, 0.3) is 15.2 Å². The van der Waals surface area contributed by atoms with Crippen LogP contribution in [-0.2, 0) is 10.0 Å². The zero-order chi connectivity index (χ0) is 12.6. The fourth-order valence-electron chi connectivity index (χ4n) is 1.14. The van der Waals surface area contributed by atoms with E-state index in [2.05, 4.69) is 31.1 Å². The SMILES string of the molecule is NS(=O)(=O)c1nc(-c2ccc(Cl)c(Br)c2)n[nH]1. The quantitative estimate of drug-likeness (QED) is 0.867. The van der Waals surface area contributed by atoms with Gasteiger partial charge in [0.2, 0.25) is 0 Å². The van der Waals surface area contributed by atoms with Crippen LogP contribution in [0.25, 0.3) is 11.4 Å². The lowest BCUT2D eigenvalue weighted by Crippen LogP contribution is -2.13. The van der Waals surface area contributed by atoms with Crippen molar-refractivity contribution in [3.8, 4) is 11.4 Å². The average molecular weight is 338 g/mol. The Bertz CT molecular complexity index is 670. The van der Waals surface area contributed by atoms with E-state index in [1.54, 1.807) is 18.2 Å². The number of aromatic amines is 1. The number of H-pyrrole nitrogens is 1. The number of sulfonamides is 1. The van der Waals surface area contributed by atoms with Crippen molar-refractivity contribution in [3.05, 3.63) is 27.7 Å². The van der Waals surface area contributed by atoms with Crippen molar-refractivity contribution < 1.29 is 8.42 Å². The van der Waals surface area contributed by atoms with E-state index < -0.39 is 10.0 Å². The Morgan fingerprint density at radius 2 is 2.12 bits per heavy atom. The van der Waals surface area contributed by atoms with Crippen molar-refractivity contribution in [2.45, 2.75) is 5.16 Å². The summed E-state index contributed by atoms with van der Waals surface area (Å²) in [7, 11) is -3.88. The molecule has 0 aliphatic rings. The van der Waals surface area contributed by atoms with E-state index in [-0.39, 0.29) is 11.0 Å². The summed E-state index contributed by atoms with van der Waals surface area (Å²) in [5.74, 6) is 0.228. The largest absolute Gasteiger partial charge is 0.273 e. The maximum absolute atomic E-state index is 11.0. The number of primary sulfonamides is 1. The van der Waals surface area contributed by atoms with Crippen LogP contribution in [0.2, 0.25) is 5.02 Å². The van der Waals surface area contributed by atoms with Gasteiger partial charge in [-0.15, -0.1) is 0 Å². The number of benzene rings is 1. The zero-order valence-electron chi connectivity index (χ0n) is 8.18. The van der Waals surface area contributed by atoms with Crippen LogP contribution < -0.4 is 5.14 Å². The summed E-state index contributed by atoms with van der Waals surface area (Å²) in [6, 6.07) is 5.00. The third-order valence-electron chi connectivity index (χ3n) is 1.91. The van der Waals surface area contributed by atoms with Crippen LogP contribution >= 0.6 is 27.5 Å². The second-order valence-electron chi connectivity index (χ2n) is 3.14. The molecule has 0 radical (unpaired) electrons. The summed E-state index contributed by atoms with van der Waals surface area (Å²) in [5.41, 5.74) is 0.618. The Balaban J connectivity index is 2.47. The van der Waals surface area contributed by atoms with Crippen LogP contribution in [0.5, 0.6) is 0 Å². The molecule has 3 N–H and O–H groups in total. The highest BCUT2D eigenvalue weighted by Crippen LogP contribution is 2.27. The molecule has 0 atom stereocenters. The minimum Gasteiger partial charge on any atom is -0.248 e. The Morgan fingerprint density at radius 1 is 1.41 bits per heavy atom. The van der Waals surface area contributed by atoms with Gasteiger partial charge in [-0.3, -0.25) is 0 Å². The lowest BCUT2D eigenvalue weighted by atomic mass is 10.2. The highest BCUT2D eigenvalue weighted by Gasteiger charge is 2.15. The van der Waals surface area contributed by atoms with Crippen molar-refractivity contribution in [1.82, 2.24) is 15.2 Å². The van der Waals surface area contributed by atoms with E-state index in [9.17, 15) is 8.42 Å². The van der Waals surface area contributed by atoms with E-state index in [4.69, 9.17) is 16.7 Å². The van der Waals surface area contributed by atoms with Gasteiger partial charge in [0.1, 0.15) is 0 Å². The monoisotopic (exact) mass is 336 g/mol. The molecule has 17 heavy (non-hydrogen) atoms. The van der Waals surface area contributed by atoms with E-state index in [0.29, 0.717) is 15.1 Å². The van der Waals surface area contributed by atoms with Gasteiger partial charge >= 0.3 is 0 Å². The maximum Gasteiger partial charge on any atom is 0.273 e. The van der Waals surface area contributed by atoms with Gasteiger partial charge in [-0.25, -0.2) is 18.7 Å². The Labute approximate surface area is 110 Å². The Hall–Kier alpha value is -0.960. The minimum absolute atomic E-state index is 0.228. The number of hydrogen-bond acceptors (Lipinski definition) is 4. The molecular formula is C8H6BrClN4O2S. The smallest absolute Gasteiger partial charge is 0.248 e. The van der Waals surface area contributed by atoms with E-state index in [1.807, 2.05) is 0 Å². The third kappa shape index (κ3) is 2.65. The molecule has 90 valence electrons. The van der Waals surface area contributed by atoms with Crippen LogP contribution in [0.4, 0.5) is 0 Å². The van der Waals surface area contributed by atoms with Gasteiger partial charge in [-0.1, -0.05) is 11.6 Å². The fourth-order valence-corrected chi connectivity index (χ4v) is 2.02. The first-order valence-corrected chi connectivity index (χ1v) is 7.00. The summed E-state index contributed by atoms with van der Waals surface area (Å²) >= 11 is 9.08. The van der Waals surface area contributed by atoms with Gasteiger partial charge < -0.3 is 0 Å². The highest BCUT2D eigenvalue weighted by atomic mass is 79.9. The van der Waals surface area contributed by atoms with Crippen LogP contribution in [0.15, 0.2) is 27.8 Å². The molecule has 0 saturated carbocycles. The fraction of sp³-hybridized carbons (Fsp3) is 0. The summed E-state index contributed by atoms with van der Waals surface area (Å²) in [5, 5.41) is 11.1. The molecular weight excluding hydrogens is 332 g/mol. The summed E-state index contributed by atoms with van der Waals surface area (Å²) in [6.45, 7) is 0. The van der Waals surface area contributed by atoms with Crippen molar-refractivity contribution >= 4 is 37.6 Å². The number of aromatic nitrogens is 3. The molecule has 0 aliphatic carbocycles. The van der Waals surface area contributed by atoms with Gasteiger partial charge in [-0.05, 0) is 34.1 Å². The van der Waals surface area contributed by atoms with Gasteiger partial charge in [-0.2, -0.15) is 10.1 Å². The van der Waals surface area contributed by atoms with E-state index in [1.165, 1.54) is 0 Å². The van der Waals surface area contributed by atoms with Gasteiger partial charge in [0, 0.05) is 10.0 Å². The number of nitrogens with zero attached hydrogens (tertiary/aromatic N) is 2. The second-order valence-corrected chi connectivity index (χ2v) is 5.88. The van der Waals surface area contributed by atoms with Crippen molar-refractivity contribution in [1.29, 1.82) is 0 Å². The Kier molecular flexibility index (Phi) is 3.21. The molecule has 0 bridgehead atoms. The van der Waals surface area contributed by atoms with E-state index in [0.717, 1.165) is 0 Å². The lowest BCUT2D eigenvalue weighted by Gasteiger charge is -1.98. The molecule has 0 aliphatic heterocycles. The first kappa shape index (κ1) is 12.5. The maximum atomic E-state index is 11.0. The normalized spacial score (nSPS) is 11.7. The molecule has 6 nitrogen and oxygen atoms in total. The highest BCUT2D eigenvalue weighted by molar-refractivity contribution is 9.10. The number of halogens is 2. The van der Waals surface area contributed by atoms with Gasteiger partial charge in [0.15, 0.2) is 5.82 Å². The first-order valence-electron chi connectivity index (χ1n) is 4.28. The molecule has 1 heterocycles. The summed E-state index contributed by atoms with van der Waals surface area (Å²) < 4.78 is 22.7. The summed E-state index contributed by atoms with van der Waals surface area (Å²) in [6.07, 6.45) is 0. The van der Waals surface area contributed by atoms with Crippen LogP contribution in [0, 0.1) is 0 Å². The molecule has 9 heteroatoms. The molecule has 2 aromatic rings. The van der Waals surface area contributed by atoms with Crippen LogP contribution in [0.1, 0.15) is 0 Å². The number of rotatable bonds is 2. The third-order valence-corrected chi connectivity index (χ3v) is 3.85.